The number of piperazine rings is 1. The topological polar surface area (TPSA) is 75.6 Å². The number of halogens is 1. The predicted octanol–water partition coefficient (Wildman–Crippen LogP) is 3.62. The van der Waals surface area contributed by atoms with E-state index in [4.69, 9.17) is 16.3 Å². The summed E-state index contributed by atoms with van der Waals surface area (Å²) in [6.07, 6.45) is 0. The fourth-order valence-electron chi connectivity index (χ4n) is 3.55. The van der Waals surface area contributed by atoms with E-state index in [-0.39, 0.29) is 4.90 Å². The molecule has 1 fully saturated rings. The summed E-state index contributed by atoms with van der Waals surface area (Å²) in [5.41, 5.74) is 2.56. The first-order chi connectivity index (χ1) is 14.9. The zero-order valence-electron chi connectivity index (χ0n) is 17.3. The van der Waals surface area contributed by atoms with Crippen LogP contribution in [0.4, 0.5) is 5.82 Å². The number of hydrogen-bond donors (Lipinski definition) is 0. The van der Waals surface area contributed by atoms with Gasteiger partial charge in [0.15, 0.2) is 5.82 Å². The Balaban J connectivity index is 1.46. The average Bonchev–Trinajstić information content (AvgIpc) is 2.80. The van der Waals surface area contributed by atoms with Crippen molar-refractivity contribution in [3.05, 3.63) is 65.2 Å². The number of aryl methyl sites for hydroxylation is 1. The second-order valence-corrected chi connectivity index (χ2v) is 9.67. The van der Waals surface area contributed by atoms with Crippen molar-refractivity contribution < 1.29 is 13.2 Å². The summed E-state index contributed by atoms with van der Waals surface area (Å²) in [5, 5.41) is 9.33. The normalized spacial score (nSPS) is 15.1. The predicted molar refractivity (Wildman–Crippen MR) is 121 cm³/mol. The van der Waals surface area contributed by atoms with Crippen LogP contribution >= 0.6 is 11.6 Å². The Bertz CT molecular complexity index is 1160. The number of methoxy groups -OCH3 is 1. The Kier molecular flexibility index (Phi) is 6.13. The lowest BCUT2D eigenvalue weighted by atomic mass is 10.1. The van der Waals surface area contributed by atoms with Crippen molar-refractivity contribution in [1.82, 2.24) is 14.5 Å². The van der Waals surface area contributed by atoms with E-state index in [0.717, 1.165) is 22.6 Å². The standard InChI is InChI=1S/C22H23ClN4O3S/c1-16-3-9-20(30-2)21(15-16)31(28,29)27-13-11-26(12-14-27)22-10-8-19(24-25-22)17-4-6-18(23)7-5-17/h3-10,15H,11-14H2,1-2H3. The number of benzene rings is 2. The first-order valence-electron chi connectivity index (χ1n) is 9.88. The van der Waals surface area contributed by atoms with Gasteiger partial charge in [-0.25, -0.2) is 8.42 Å². The minimum atomic E-state index is -3.64. The van der Waals surface area contributed by atoms with Crippen LogP contribution < -0.4 is 9.64 Å². The number of hydrogen-bond acceptors (Lipinski definition) is 6. The third-order valence-corrected chi connectivity index (χ3v) is 7.46. The first kappa shape index (κ1) is 21.5. The molecule has 0 bridgehead atoms. The summed E-state index contributed by atoms with van der Waals surface area (Å²) in [5.74, 6) is 1.08. The van der Waals surface area contributed by atoms with Crippen molar-refractivity contribution in [1.29, 1.82) is 0 Å². The Morgan fingerprint density at radius 1 is 0.935 bits per heavy atom. The Hall–Kier alpha value is -2.68. The number of aromatic nitrogens is 2. The second kappa shape index (κ2) is 8.82. The minimum absolute atomic E-state index is 0.204. The largest absolute Gasteiger partial charge is 0.495 e. The molecule has 0 amide bonds. The van der Waals surface area contributed by atoms with Crippen LogP contribution in [0.3, 0.4) is 0 Å². The third kappa shape index (κ3) is 4.51. The van der Waals surface area contributed by atoms with Crippen molar-refractivity contribution in [3.63, 3.8) is 0 Å². The Morgan fingerprint density at radius 3 is 2.26 bits per heavy atom. The van der Waals surface area contributed by atoms with Crippen LogP contribution in [-0.2, 0) is 10.0 Å². The van der Waals surface area contributed by atoms with Gasteiger partial charge in [-0.1, -0.05) is 29.8 Å². The second-order valence-electron chi connectivity index (χ2n) is 7.33. The molecular formula is C22H23ClN4O3S. The lowest BCUT2D eigenvalue weighted by molar-refractivity contribution is 0.373. The number of anilines is 1. The molecule has 9 heteroatoms. The van der Waals surface area contributed by atoms with E-state index in [1.54, 1.807) is 12.1 Å². The summed E-state index contributed by atoms with van der Waals surface area (Å²) in [7, 11) is -2.16. The van der Waals surface area contributed by atoms with Crippen LogP contribution in [0.25, 0.3) is 11.3 Å². The van der Waals surface area contributed by atoms with Gasteiger partial charge in [0, 0.05) is 36.8 Å². The third-order valence-electron chi connectivity index (χ3n) is 5.29. The van der Waals surface area contributed by atoms with E-state index < -0.39 is 10.0 Å². The lowest BCUT2D eigenvalue weighted by Gasteiger charge is -2.34. The van der Waals surface area contributed by atoms with Crippen molar-refractivity contribution in [3.8, 4) is 17.0 Å². The fourth-order valence-corrected chi connectivity index (χ4v) is 5.34. The average molecular weight is 459 g/mol. The lowest BCUT2D eigenvalue weighted by Crippen LogP contribution is -2.49. The first-order valence-corrected chi connectivity index (χ1v) is 11.7. The van der Waals surface area contributed by atoms with Crippen LogP contribution in [-0.4, -0.2) is 56.2 Å². The van der Waals surface area contributed by atoms with Gasteiger partial charge in [0.1, 0.15) is 10.6 Å². The molecule has 2 aromatic carbocycles. The van der Waals surface area contributed by atoms with Gasteiger partial charge < -0.3 is 9.64 Å². The van der Waals surface area contributed by atoms with Crippen molar-refractivity contribution in [2.24, 2.45) is 0 Å². The van der Waals surface area contributed by atoms with Gasteiger partial charge in [-0.3, -0.25) is 0 Å². The smallest absolute Gasteiger partial charge is 0.246 e. The molecule has 0 radical (unpaired) electrons. The van der Waals surface area contributed by atoms with Crippen LogP contribution in [0.5, 0.6) is 5.75 Å². The molecule has 2 heterocycles. The van der Waals surface area contributed by atoms with Crippen molar-refractivity contribution in [2.45, 2.75) is 11.8 Å². The molecule has 0 unspecified atom stereocenters. The van der Waals surface area contributed by atoms with Crippen molar-refractivity contribution >= 4 is 27.4 Å². The SMILES string of the molecule is COc1ccc(C)cc1S(=O)(=O)N1CCN(c2ccc(-c3ccc(Cl)cc3)nn2)CC1. The molecule has 162 valence electrons. The monoisotopic (exact) mass is 458 g/mol. The molecule has 1 aliphatic heterocycles. The molecule has 0 N–H and O–H groups in total. The molecule has 1 saturated heterocycles. The van der Waals surface area contributed by atoms with E-state index in [9.17, 15) is 8.42 Å². The van der Waals surface area contributed by atoms with E-state index in [0.29, 0.717) is 37.0 Å². The molecule has 31 heavy (non-hydrogen) atoms. The highest BCUT2D eigenvalue weighted by molar-refractivity contribution is 7.89. The number of ether oxygens (including phenoxy) is 1. The van der Waals surface area contributed by atoms with Crippen LogP contribution in [0.15, 0.2) is 59.5 Å². The van der Waals surface area contributed by atoms with Crippen LogP contribution in [0, 0.1) is 6.92 Å². The van der Waals surface area contributed by atoms with E-state index in [1.807, 2.05) is 54.3 Å². The molecule has 1 aliphatic rings. The van der Waals surface area contributed by atoms with E-state index in [2.05, 4.69) is 10.2 Å². The molecule has 4 rings (SSSR count). The summed E-state index contributed by atoms with van der Waals surface area (Å²) < 4.78 is 33.1. The van der Waals surface area contributed by atoms with Gasteiger partial charge in [-0.2, -0.15) is 4.31 Å². The zero-order valence-corrected chi connectivity index (χ0v) is 18.9. The van der Waals surface area contributed by atoms with Crippen molar-refractivity contribution in [2.75, 3.05) is 38.2 Å². The number of nitrogens with zero attached hydrogens (tertiary/aromatic N) is 4. The Labute approximate surface area is 187 Å². The Morgan fingerprint density at radius 2 is 1.65 bits per heavy atom. The van der Waals surface area contributed by atoms with Gasteiger partial charge in [-0.15, -0.1) is 10.2 Å². The zero-order chi connectivity index (χ0) is 22.0. The van der Waals surface area contributed by atoms with E-state index in [1.165, 1.54) is 11.4 Å². The molecule has 0 saturated carbocycles. The molecule has 7 nitrogen and oxygen atoms in total. The number of sulfonamides is 1. The molecule has 0 aliphatic carbocycles. The van der Waals surface area contributed by atoms with Gasteiger partial charge >= 0.3 is 0 Å². The summed E-state index contributed by atoms with van der Waals surface area (Å²) in [4.78, 5) is 2.24. The molecule has 0 atom stereocenters. The summed E-state index contributed by atoms with van der Waals surface area (Å²) in [6, 6.07) is 16.4. The molecule has 1 aromatic heterocycles. The van der Waals surface area contributed by atoms with Crippen LogP contribution in [0.1, 0.15) is 5.56 Å². The quantitative estimate of drug-likeness (QED) is 0.581. The maximum absolute atomic E-state index is 13.2. The van der Waals surface area contributed by atoms with E-state index >= 15 is 0 Å². The molecule has 3 aromatic rings. The molecular weight excluding hydrogens is 436 g/mol. The van der Waals surface area contributed by atoms with Gasteiger partial charge in [0.2, 0.25) is 10.0 Å². The van der Waals surface area contributed by atoms with Gasteiger partial charge in [-0.05, 0) is 48.9 Å². The van der Waals surface area contributed by atoms with Gasteiger partial charge in [0.25, 0.3) is 0 Å². The van der Waals surface area contributed by atoms with Gasteiger partial charge in [0.05, 0.1) is 12.8 Å². The summed E-state index contributed by atoms with van der Waals surface area (Å²) in [6.45, 7) is 3.65. The summed E-state index contributed by atoms with van der Waals surface area (Å²) >= 11 is 5.94. The maximum Gasteiger partial charge on any atom is 0.246 e. The molecule has 0 spiro atoms. The fraction of sp³-hybridized carbons (Fsp3) is 0.273. The maximum atomic E-state index is 13.2. The highest BCUT2D eigenvalue weighted by Crippen LogP contribution is 2.29. The number of rotatable bonds is 5. The van der Waals surface area contributed by atoms with Crippen LogP contribution in [0.2, 0.25) is 5.02 Å². The highest BCUT2D eigenvalue weighted by Gasteiger charge is 2.31. The minimum Gasteiger partial charge on any atom is -0.495 e. The highest BCUT2D eigenvalue weighted by atomic mass is 35.5.